The summed E-state index contributed by atoms with van der Waals surface area (Å²) >= 11 is 0. The summed E-state index contributed by atoms with van der Waals surface area (Å²) in [5.74, 6) is 1.78. The van der Waals surface area contributed by atoms with E-state index in [4.69, 9.17) is 21.5 Å². The summed E-state index contributed by atoms with van der Waals surface area (Å²) in [6.07, 6.45) is 0. The van der Waals surface area contributed by atoms with Crippen LogP contribution in [-0.2, 0) is 0 Å². The van der Waals surface area contributed by atoms with Crippen LogP contribution >= 0.6 is 0 Å². The van der Waals surface area contributed by atoms with E-state index in [1.165, 1.54) is 48.7 Å². The fourth-order valence-corrected chi connectivity index (χ4v) is 9.51. The van der Waals surface area contributed by atoms with Gasteiger partial charge in [0.2, 0.25) is 0 Å². The lowest BCUT2D eigenvalue weighted by Gasteiger charge is -2.15. The second kappa shape index (κ2) is 16.3. The molecule has 12 rings (SSSR count). The standard InChI is InChI=1S/C62H38N4/c1-63-49-36-47(35-48(37-49)43-20-15-21-44(34-43)58-38-45-18-5-7-22-50(45)52-24-9-11-26-54(52)58)40-30-32-42(33-31-40)61-64-60(41-16-3-2-4-17-41)65-62(66-61)57-29-14-13-28-56(57)59-39-46-19-6-8-23-51(46)53-25-10-12-27-55(53)59/h2-39H. The minimum atomic E-state index is 0.581. The summed E-state index contributed by atoms with van der Waals surface area (Å²) in [4.78, 5) is 19.4. The molecule has 1 heterocycles. The molecule has 0 aliphatic rings. The molecule has 1 aromatic heterocycles. The topological polar surface area (TPSA) is 43.0 Å². The average Bonchev–Trinajstić information content (AvgIpc) is 3.40. The van der Waals surface area contributed by atoms with E-state index in [9.17, 15) is 0 Å². The van der Waals surface area contributed by atoms with Gasteiger partial charge in [-0.05, 0) is 124 Å². The lowest BCUT2D eigenvalue weighted by atomic mass is 9.91. The molecular formula is C62H38N4. The molecule has 66 heavy (non-hydrogen) atoms. The Morgan fingerprint density at radius 2 is 0.697 bits per heavy atom. The monoisotopic (exact) mass is 838 g/mol. The number of rotatable bonds is 7. The van der Waals surface area contributed by atoms with Crippen LogP contribution in [0.1, 0.15) is 0 Å². The quantitative estimate of drug-likeness (QED) is 0.119. The van der Waals surface area contributed by atoms with Gasteiger partial charge in [0.15, 0.2) is 23.2 Å². The van der Waals surface area contributed by atoms with Gasteiger partial charge in [0.25, 0.3) is 0 Å². The van der Waals surface area contributed by atoms with Gasteiger partial charge >= 0.3 is 0 Å². The van der Waals surface area contributed by atoms with Crippen LogP contribution < -0.4 is 0 Å². The van der Waals surface area contributed by atoms with Crippen molar-refractivity contribution in [3.8, 4) is 78.7 Å². The molecule has 0 fully saturated rings. The third-order valence-corrected chi connectivity index (χ3v) is 12.7. The molecule has 0 amide bonds. The number of hydrogen-bond acceptors (Lipinski definition) is 3. The van der Waals surface area contributed by atoms with Crippen LogP contribution in [0.2, 0.25) is 0 Å². The van der Waals surface area contributed by atoms with Crippen LogP contribution in [0.3, 0.4) is 0 Å². The maximum Gasteiger partial charge on any atom is 0.188 e. The minimum Gasteiger partial charge on any atom is -0.238 e. The van der Waals surface area contributed by atoms with Crippen LogP contribution in [0.15, 0.2) is 231 Å². The highest BCUT2D eigenvalue weighted by Crippen LogP contribution is 2.41. The minimum absolute atomic E-state index is 0.581. The summed E-state index contributed by atoms with van der Waals surface area (Å²) in [5.41, 5.74) is 11.8. The Hall–Kier alpha value is -9.04. The van der Waals surface area contributed by atoms with Crippen molar-refractivity contribution in [1.29, 1.82) is 0 Å². The predicted octanol–water partition coefficient (Wildman–Crippen LogP) is 16.7. The largest absolute Gasteiger partial charge is 0.238 e. The van der Waals surface area contributed by atoms with E-state index in [0.717, 1.165) is 55.6 Å². The molecule has 0 N–H and O–H groups in total. The average molecular weight is 839 g/mol. The zero-order valence-electron chi connectivity index (χ0n) is 35.7. The molecule has 0 saturated carbocycles. The van der Waals surface area contributed by atoms with Gasteiger partial charge in [-0.25, -0.2) is 19.8 Å². The van der Waals surface area contributed by atoms with E-state index in [1.54, 1.807) is 0 Å². The van der Waals surface area contributed by atoms with Gasteiger partial charge in [-0.3, -0.25) is 0 Å². The van der Waals surface area contributed by atoms with Gasteiger partial charge in [-0.1, -0.05) is 194 Å². The van der Waals surface area contributed by atoms with Gasteiger partial charge in [0, 0.05) is 16.7 Å². The van der Waals surface area contributed by atoms with Gasteiger partial charge in [-0.2, -0.15) is 0 Å². The highest BCUT2D eigenvalue weighted by Gasteiger charge is 2.18. The van der Waals surface area contributed by atoms with Gasteiger partial charge in [-0.15, -0.1) is 0 Å². The molecule has 0 saturated heterocycles. The molecule has 11 aromatic carbocycles. The van der Waals surface area contributed by atoms with Crippen LogP contribution in [0.4, 0.5) is 5.69 Å². The zero-order valence-corrected chi connectivity index (χ0v) is 35.7. The Balaban J connectivity index is 0.938. The van der Waals surface area contributed by atoms with E-state index in [-0.39, 0.29) is 0 Å². The zero-order chi connectivity index (χ0) is 44.0. The van der Waals surface area contributed by atoms with Crippen LogP contribution in [0.5, 0.6) is 0 Å². The first-order valence-electron chi connectivity index (χ1n) is 22.1. The lowest BCUT2D eigenvalue weighted by Crippen LogP contribution is -2.01. The first-order valence-corrected chi connectivity index (χ1v) is 22.1. The number of aromatic nitrogens is 3. The third-order valence-electron chi connectivity index (χ3n) is 12.7. The maximum atomic E-state index is 8.08. The van der Waals surface area contributed by atoms with Crippen molar-refractivity contribution in [2.45, 2.75) is 0 Å². The van der Waals surface area contributed by atoms with E-state index >= 15 is 0 Å². The van der Waals surface area contributed by atoms with E-state index in [2.05, 4.69) is 193 Å². The van der Waals surface area contributed by atoms with Crippen molar-refractivity contribution < 1.29 is 0 Å². The normalized spacial score (nSPS) is 11.3. The predicted molar refractivity (Wildman–Crippen MR) is 274 cm³/mol. The summed E-state index contributed by atoms with van der Waals surface area (Å²) in [5, 5.41) is 9.70. The van der Waals surface area contributed by atoms with Gasteiger partial charge < -0.3 is 0 Å². The molecule has 0 aliphatic heterocycles. The first-order chi connectivity index (χ1) is 32.6. The van der Waals surface area contributed by atoms with E-state index in [0.29, 0.717) is 23.2 Å². The Morgan fingerprint density at radius 3 is 1.35 bits per heavy atom. The van der Waals surface area contributed by atoms with Crippen molar-refractivity contribution in [2.24, 2.45) is 0 Å². The Kier molecular flexibility index (Phi) is 9.51. The van der Waals surface area contributed by atoms with Crippen LogP contribution in [0, 0.1) is 6.57 Å². The number of benzene rings is 11. The number of fused-ring (bicyclic) bond motifs is 6. The van der Waals surface area contributed by atoms with Crippen molar-refractivity contribution in [3.63, 3.8) is 0 Å². The molecule has 0 spiro atoms. The second-order valence-electron chi connectivity index (χ2n) is 16.6. The molecule has 12 aromatic rings. The molecule has 0 atom stereocenters. The molecule has 306 valence electrons. The highest BCUT2D eigenvalue weighted by molar-refractivity contribution is 6.15. The molecule has 4 nitrogen and oxygen atoms in total. The Labute approximate surface area is 382 Å². The highest BCUT2D eigenvalue weighted by atomic mass is 15.0. The third kappa shape index (κ3) is 6.93. The molecule has 4 heteroatoms. The molecule has 0 bridgehead atoms. The molecule has 0 unspecified atom stereocenters. The van der Waals surface area contributed by atoms with Crippen molar-refractivity contribution in [3.05, 3.63) is 242 Å². The lowest BCUT2D eigenvalue weighted by molar-refractivity contribution is 1.07. The SMILES string of the molecule is [C-]#[N+]c1cc(-c2ccc(-c3nc(-c4ccccc4)nc(-c4ccccc4-c4cc5ccccc5c5ccccc45)n3)cc2)cc(-c2cccc(-c3cc4ccccc4c4ccccc34)c2)c1. The second-order valence-corrected chi connectivity index (χ2v) is 16.6. The summed E-state index contributed by atoms with van der Waals surface area (Å²) in [7, 11) is 0. The fraction of sp³-hybridized carbons (Fsp3) is 0. The summed E-state index contributed by atoms with van der Waals surface area (Å²) < 4.78 is 0. The van der Waals surface area contributed by atoms with Gasteiger partial charge in [0.05, 0.1) is 6.57 Å². The Morgan fingerprint density at radius 1 is 0.258 bits per heavy atom. The summed E-state index contributed by atoms with van der Waals surface area (Å²) in [6.45, 7) is 8.08. The number of hydrogen-bond donors (Lipinski definition) is 0. The fourth-order valence-electron chi connectivity index (χ4n) is 9.51. The number of nitrogens with zero attached hydrogens (tertiary/aromatic N) is 4. The van der Waals surface area contributed by atoms with Crippen molar-refractivity contribution >= 4 is 48.8 Å². The Bertz CT molecular complexity index is 3890. The smallest absolute Gasteiger partial charge is 0.188 e. The van der Waals surface area contributed by atoms with Gasteiger partial charge in [0.1, 0.15) is 0 Å². The molecule has 0 radical (unpaired) electrons. The van der Waals surface area contributed by atoms with E-state index < -0.39 is 0 Å². The molecule has 0 aliphatic carbocycles. The molecular weight excluding hydrogens is 801 g/mol. The van der Waals surface area contributed by atoms with Crippen molar-refractivity contribution in [2.75, 3.05) is 0 Å². The van der Waals surface area contributed by atoms with E-state index in [1.807, 2.05) is 42.5 Å². The first kappa shape index (κ1) is 38.6. The summed E-state index contributed by atoms with van der Waals surface area (Å²) in [6, 6.07) is 80.6. The van der Waals surface area contributed by atoms with Crippen LogP contribution in [0.25, 0.3) is 127 Å². The van der Waals surface area contributed by atoms with Crippen LogP contribution in [-0.4, -0.2) is 15.0 Å². The van der Waals surface area contributed by atoms with Crippen molar-refractivity contribution in [1.82, 2.24) is 15.0 Å². The maximum absolute atomic E-state index is 8.08.